The highest BCUT2D eigenvalue weighted by molar-refractivity contribution is 7.99. The fourth-order valence-electron chi connectivity index (χ4n) is 3.18. The normalized spacial score (nSPS) is 14.1. The molecule has 0 fully saturated rings. The van der Waals surface area contributed by atoms with Gasteiger partial charge in [0.05, 0.1) is 30.4 Å². The maximum absolute atomic E-state index is 13.1. The molecular formula is C18H20N4O3S2. The van der Waals surface area contributed by atoms with Crippen molar-refractivity contribution in [2.24, 2.45) is 5.92 Å². The van der Waals surface area contributed by atoms with E-state index in [1.807, 2.05) is 6.07 Å². The van der Waals surface area contributed by atoms with Crippen LogP contribution in [0.5, 0.6) is 0 Å². The monoisotopic (exact) mass is 404 g/mol. The predicted molar refractivity (Wildman–Crippen MR) is 106 cm³/mol. The lowest BCUT2D eigenvalue weighted by molar-refractivity contribution is -0.117. The summed E-state index contributed by atoms with van der Waals surface area (Å²) < 4.78 is 6.69. The Balaban J connectivity index is 1.96. The summed E-state index contributed by atoms with van der Waals surface area (Å²) in [5.41, 5.74) is 1.06. The number of fused-ring (bicyclic) bond motifs is 3. The number of thioether (sulfide) groups is 1. The van der Waals surface area contributed by atoms with Crippen molar-refractivity contribution in [2.45, 2.75) is 37.9 Å². The number of aromatic nitrogens is 2. The van der Waals surface area contributed by atoms with Crippen LogP contribution in [0.1, 0.15) is 23.8 Å². The average molecular weight is 405 g/mol. The smallest absolute Gasteiger partial charge is 0.263 e. The lowest BCUT2D eigenvalue weighted by Crippen LogP contribution is -2.26. The molecule has 2 heterocycles. The largest absolute Gasteiger partial charge is 0.383 e. The first-order valence-corrected chi connectivity index (χ1v) is 10.4. The van der Waals surface area contributed by atoms with E-state index in [9.17, 15) is 9.59 Å². The number of nitrogens with one attached hydrogen (secondary N) is 1. The fourth-order valence-corrected chi connectivity index (χ4v) is 5.41. The number of nitriles is 1. The second-order valence-corrected chi connectivity index (χ2v) is 8.41. The van der Waals surface area contributed by atoms with E-state index >= 15 is 0 Å². The highest BCUT2D eigenvalue weighted by atomic mass is 32.2. The Morgan fingerprint density at radius 2 is 2.30 bits per heavy atom. The van der Waals surface area contributed by atoms with Crippen LogP contribution in [-0.2, 0) is 28.9 Å². The number of carbonyl (C=O) groups is 1. The van der Waals surface area contributed by atoms with Gasteiger partial charge in [-0.3, -0.25) is 14.2 Å². The third-order valence-corrected chi connectivity index (χ3v) is 6.72. The van der Waals surface area contributed by atoms with Gasteiger partial charge in [-0.15, -0.1) is 11.3 Å². The summed E-state index contributed by atoms with van der Waals surface area (Å²) in [5.74, 6) is -1.41. The predicted octanol–water partition coefficient (Wildman–Crippen LogP) is 2.43. The molecule has 0 amide bonds. The third kappa shape index (κ3) is 3.83. The summed E-state index contributed by atoms with van der Waals surface area (Å²) in [6.45, 7) is 2.16. The van der Waals surface area contributed by atoms with Gasteiger partial charge < -0.3 is 10.1 Å². The molecule has 27 heavy (non-hydrogen) atoms. The van der Waals surface area contributed by atoms with E-state index in [2.05, 4.69) is 4.98 Å². The Hall–Kier alpha value is -2.02. The van der Waals surface area contributed by atoms with Gasteiger partial charge in [0.15, 0.2) is 10.9 Å². The molecule has 0 aliphatic heterocycles. The zero-order chi connectivity index (χ0) is 19.6. The molecule has 7 nitrogen and oxygen atoms in total. The molecule has 142 valence electrons. The van der Waals surface area contributed by atoms with Crippen LogP contribution < -0.4 is 5.56 Å². The first kappa shape index (κ1) is 19.7. The summed E-state index contributed by atoms with van der Waals surface area (Å²) >= 11 is 2.70. The van der Waals surface area contributed by atoms with Gasteiger partial charge in [-0.25, -0.2) is 4.98 Å². The SMILES string of the molecule is COCCn1c(SCC(=O)C(C#N)C(C)=N)nc2sc3c(c2c1=O)CCC3. The molecular weight excluding hydrogens is 384 g/mol. The van der Waals surface area contributed by atoms with Crippen molar-refractivity contribution in [1.29, 1.82) is 10.7 Å². The maximum atomic E-state index is 13.1. The van der Waals surface area contributed by atoms with Crippen LogP contribution in [0, 0.1) is 22.7 Å². The number of ether oxygens (including phenoxy) is 1. The maximum Gasteiger partial charge on any atom is 0.263 e. The average Bonchev–Trinajstić information content (AvgIpc) is 3.20. The molecule has 2 aromatic heterocycles. The molecule has 0 saturated heterocycles. The number of ketones is 1. The van der Waals surface area contributed by atoms with Gasteiger partial charge in [0.25, 0.3) is 5.56 Å². The van der Waals surface area contributed by atoms with Crippen molar-refractivity contribution in [2.75, 3.05) is 19.5 Å². The number of thiophene rings is 1. The fraction of sp³-hybridized carbons (Fsp3) is 0.500. The van der Waals surface area contributed by atoms with Crippen molar-refractivity contribution in [3.05, 3.63) is 20.8 Å². The molecule has 1 atom stereocenters. The van der Waals surface area contributed by atoms with Gasteiger partial charge in [0.2, 0.25) is 0 Å². The zero-order valence-corrected chi connectivity index (χ0v) is 16.8. The van der Waals surface area contributed by atoms with Gasteiger partial charge in [-0.05, 0) is 31.7 Å². The Morgan fingerprint density at radius 1 is 1.52 bits per heavy atom. The lowest BCUT2D eigenvalue weighted by atomic mass is 10.0. The number of rotatable bonds is 8. The summed E-state index contributed by atoms with van der Waals surface area (Å²) in [5, 5.41) is 17.8. The second kappa shape index (κ2) is 8.33. The Morgan fingerprint density at radius 3 is 2.96 bits per heavy atom. The van der Waals surface area contributed by atoms with Crippen molar-refractivity contribution < 1.29 is 9.53 Å². The number of carbonyl (C=O) groups excluding carboxylic acids is 1. The van der Waals surface area contributed by atoms with Crippen LogP contribution >= 0.6 is 23.1 Å². The molecule has 1 aliphatic rings. The Labute approximate surface area is 164 Å². The van der Waals surface area contributed by atoms with Gasteiger partial charge >= 0.3 is 0 Å². The number of hydrogen-bond acceptors (Lipinski definition) is 8. The van der Waals surface area contributed by atoms with E-state index in [0.29, 0.717) is 28.5 Å². The third-order valence-electron chi connectivity index (χ3n) is 4.54. The van der Waals surface area contributed by atoms with Gasteiger partial charge in [0, 0.05) is 17.7 Å². The van der Waals surface area contributed by atoms with Crippen molar-refractivity contribution in [1.82, 2.24) is 9.55 Å². The number of hydrogen-bond donors (Lipinski definition) is 1. The first-order valence-electron chi connectivity index (χ1n) is 8.62. The molecule has 0 aromatic carbocycles. The number of aryl methyl sites for hydroxylation is 2. The van der Waals surface area contributed by atoms with E-state index in [1.54, 1.807) is 23.0 Å². The summed E-state index contributed by atoms with van der Waals surface area (Å²) in [4.78, 5) is 32.0. The summed E-state index contributed by atoms with van der Waals surface area (Å²) in [7, 11) is 1.57. The van der Waals surface area contributed by atoms with Gasteiger partial charge in [-0.2, -0.15) is 5.26 Å². The van der Waals surface area contributed by atoms with E-state index in [0.717, 1.165) is 36.6 Å². The topological polar surface area (TPSA) is 109 Å². The summed E-state index contributed by atoms with van der Waals surface area (Å²) in [6.07, 6.45) is 2.96. The lowest BCUT2D eigenvalue weighted by Gasteiger charge is -2.12. The minimum Gasteiger partial charge on any atom is -0.383 e. The molecule has 1 aliphatic carbocycles. The van der Waals surface area contributed by atoms with Crippen LogP contribution in [-0.4, -0.2) is 40.5 Å². The summed E-state index contributed by atoms with van der Waals surface area (Å²) in [6, 6.07) is 1.86. The second-order valence-electron chi connectivity index (χ2n) is 6.38. The molecule has 2 aromatic rings. The molecule has 0 spiro atoms. The standard InChI is InChI=1S/C18H20N4O3S2/c1-10(20)12(8-19)13(23)9-26-18-21-16-15(11-4-3-5-14(11)27-16)17(24)22(18)6-7-25-2/h12,20H,3-7,9H2,1-2H3. The zero-order valence-electron chi connectivity index (χ0n) is 15.2. The van der Waals surface area contributed by atoms with Crippen molar-refractivity contribution in [3.63, 3.8) is 0 Å². The molecule has 9 heteroatoms. The minimum atomic E-state index is -1.05. The van der Waals surface area contributed by atoms with Gasteiger partial charge in [0.1, 0.15) is 10.7 Å². The first-order chi connectivity index (χ1) is 13.0. The van der Waals surface area contributed by atoms with E-state index in [4.69, 9.17) is 15.4 Å². The van der Waals surface area contributed by atoms with E-state index < -0.39 is 5.92 Å². The van der Waals surface area contributed by atoms with Crippen molar-refractivity contribution in [3.8, 4) is 6.07 Å². The quantitative estimate of drug-likeness (QED) is 0.411. The molecule has 0 bridgehead atoms. The van der Waals surface area contributed by atoms with Crippen LogP contribution in [0.3, 0.4) is 0 Å². The Kier molecular flexibility index (Phi) is 6.09. The molecule has 0 radical (unpaired) electrons. The van der Waals surface area contributed by atoms with E-state index in [1.165, 1.54) is 11.8 Å². The van der Waals surface area contributed by atoms with Crippen LogP contribution in [0.2, 0.25) is 0 Å². The number of Topliss-reactive ketones (excluding diaryl/α,β-unsaturated/α-hetero) is 1. The highest BCUT2D eigenvalue weighted by Gasteiger charge is 2.25. The molecule has 0 saturated carbocycles. The number of methoxy groups -OCH3 is 1. The molecule has 1 N–H and O–H groups in total. The Bertz CT molecular complexity index is 1000. The van der Waals surface area contributed by atoms with E-state index in [-0.39, 0.29) is 22.8 Å². The van der Waals surface area contributed by atoms with Crippen molar-refractivity contribution >= 4 is 44.8 Å². The molecule has 3 rings (SSSR count). The molecule has 1 unspecified atom stereocenters. The number of nitrogens with zero attached hydrogens (tertiary/aromatic N) is 3. The minimum absolute atomic E-state index is 0.00946. The highest BCUT2D eigenvalue weighted by Crippen LogP contribution is 2.35. The van der Waals surface area contributed by atoms with Crippen LogP contribution in [0.4, 0.5) is 0 Å². The van der Waals surface area contributed by atoms with Gasteiger partial charge in [-0.1, -0.05) is 11.8 Å². The van der Waals surface area contributed by atoms with Crippen LogP contribution in [0.25, 0.3) is 10.2 Å². The van der Waals surface area contributed by atoms with Crippen LogP contribution in [0.15, 0.2) is 9.95 Å².